The van der Waals surface area contributed by atoms with Crippen LogP contribution < -0.4 is 0 Å². The summed E-state index contributed by atoms with van der Waals surface area (Å²) < 4.78 is 55.6. The molecule has 0 aliphatic heterocycles. The highest BCUT2D eigenvalue weighted by atomic mass is 33.1. The number of carbonyl (C=O) groups excluding carboxylic acids is 2. The molecule has 138 valence electrons. The maximum Gasteiger partial charge on any atom is 0.471 e. The van der Waals surface area contributed by atoms with E-state index in [9.17, 15) is 27.3 Å². The summed E-state index contributed by atoms with van der Waals surface area (Å²) in [5.41, 5.74) is -3.32. The topological polar surface area (TPSA) is 63.7 Å². The molecule has 24 heavy (non-hydrogen) atoms. The van der Waals surface area contributed by atoms with Gasteiger partial charge < -0.3 is 9.64 Å². The Morgan fingerprint density at radius 2 is 1.71 bits per heavy atom. The molecule has 0 radical (unpaired) electrons. The molecule has 0 spiro atoms. The normalized spacial score (nSPS) is 11.7. The Morgan fingerprint density at radius 3 is 2.08 bits per heavy atom. The fraction of sp³-hybridized carbons (Fsp3) is 0.538. The predicted octanol–water partition coefficient (Wildman–Crippen LogP) is 3.93. The van der Waals surface area contributed by atoms with Gasteiger partial charge in [-0.25, -0.2) is 0 Å². The van der Waals surface area contributed by atoms with Gasteiger partial charge in [-0.15, -0.1) is 13.2 Å². The molecule has 0 saturated carbocycles. The van der Waals surface area contributed by atoms with Crippen LogP contribution in [0.2, 0.25) is 0 Å². The van der Waals surface area contributed by atoms with E-state index in [1.54, 1.807) is 0 Å². The SMILES string of the molecule is C=CCSP(=O)(CN(CC(=O)OCC)C(=O)C(F)(F)F)SCC=C. The van der Waals surface area contributed by atoms with E-state index in [1.807, 2.05) is 0 Å². The number of esters is 1. The van der Waals surface area contributed by atoms with Crippen molar-refractivity contribution in [1.82, 2.24) is 4.90 Å². The molecule has 1 amide bonds. The molecule has 0 N–H and O–H groups in total. The molecule has 0 saturated heterocycles. The molecular weight excluding hydrogens is 386 g/mol. The number of hydrogen-bond donors (Lipinski definition) is 0. The third-order valence-electron chi connectivity index (χ3n) is 2.28. The van der Waals surface area contributed by atoms with E-state index in [-0.39, 0.29) is 23.0 Å². The van der Waals surface area contributed by atoms with Gasteiger partial charge in [0.1, 0.15) is 6.54 Å². The van der Waals surface area contributed by atoms with Gasteiger partial charge in [0.2, 0.25) is 5.55 Å². The minimum absolute atomic E-state index is 0.0407. The van der Waals surface area contributed by atoms with E-state index in [4.69, 9.17) is 0 Å². The Bertz CT molecular complexity index is 498. The molecule has 0 unspecified atom stereocenters. The lowest BCUT2D eigenvalue weighted by Gasteiger charge is -2.26. The van der Waals surface area contributed by atoms with Crippen molar-refractivity contribution in [3.8, 4) is 0 Å². The first-order valence-corrected chi connectivity index (χ1v) is 11.8. The van der Waals surface area contributed by atoms with E-state index in [2.05, 4.69) is 17.9 Å². The van der Waals surface area contributed by atoms with Gasteiger partial charge in [-0.1, -0.05) is 34.9 Å². The second kappa shape index (κ2) is 10.9. The van der Waals surface area contributed by atoms with Gasteiger partial charge in [0.05, 0.1) is 12.9 Å². The van der Waals surface area contributed by atoms with Crippen LogP contribution in [0.25, 0.3) is 0 Å². The fourth-order valence-electron chi connectivity index (χ4n) is 1.39. The van der Waals surface area contributed by atoms with Gasteiger partial charge >= 0.3 is 18.1 Å². The van der Waals surface area contributed by atoms with Crippen LogP contribution in [0.3, 0.4) is 0 Å². The van der Waals surface area contributed by atoms with Crippen LogP contribution in [-0.4, -0.2) is 53.9 Å². The molecule has 11 heteroatoms. The number of nitrogens with zero attached hydrogens (tertiary/aromatic N) is 1. The summed E-state index contributed by atoms with van der Waals surface area (Å²) >= 11 is 1.80. The largest absolute Gasteiger partial charge is 0.471 e. The monoisotopic (exact) mass is 405 g/mol. The molecule has 0 rings (SSSR count). The zero-order valence-electron chi connectivity index (χ0n) is 13.1. The van der Waals surface area contributed by atoms with Crippen molar-refractivity contribution in [3.63, 3.8) is 0 Å². The number of alkyl halides is 3. The first-order valence-electron chi connectivity index (χ1n) is 6.71. The number of carbonyl (C=O) groups is 2. The third-order valence-corrected chi connectivity index (χ3v) is 10.4. The van der Waals surface area contributed by atoms with Crippen LogP contribution in [0, 0.1) is 0 Å². The summed E-state index contributed by atoms with van der Waals surface area (Å²) in [7, 11) is 0. The average molecular weight is 405 g/mol. The molecule has 0 atom stereocenters. The lowest BCUT2D eigenvalue weighted by molar-refractivity contribution is -0.186. The average Bonchev–Trinajstić information content (AvgIpc) is 2.49. The Kier molecular flexibility index (Phi) is 10.5. The van der Waals surface area contributed by atoms with E-state index < -0.39 is 36.4 Å². The van der Waals surface area contributed by atoms with Crippen LogP contribution >= 0.6 is 28.3 Å². The summed E-state index contributed by atoms with van der Waals surface area (Å²) in [6.07, 6.45) is -2.98. The number of halogens is 3. The summed E-state index contributed by atoms with van der Waals surface area (Å²) in [6, 6.07) is 0. The molecule has 0 aliphatic carbocycles. The Labute approximate surface area is 146 Å². The van der Waals surface area contributed by atoms with Crippen LogP contribution in [0.5, 0.6) is 0 Å². The molecule has 0 heterocycles. The van der Waals surface area contributed by atoms with Crippen molar-refractivity contribution < 1.29 is 32.1 Å². The number of hydrogen-bond acceptors (Lipinski definition) is 6. The van der Waals surface area contributed by atoms with Crippen LogP contribution in [-0.2, 0) is 18.9 Å². The Balaban J connectivity index is 5.38. The molecule has 0 aromatic heterocycles. The van der Waals surface area contributed by atoms with E-state index in [1.165, 1.54) is 19.1 Å². The molecule has 0 bridgehead atoms. The molecule has 0 fully saturated rings. The smallest absolute Gasteiger partial charge is 0.465 e. The van der Waals surface area contributed by atoms with Crippen molar-refractivity contribution in [2.45, 2.75) is 13.1 Å². The molecule has 5 nitrogen and oxygen atoms in total. The van der Waals surface area contributed by atoms with Gasteiger partial charge in [0.15, 0.2) is 0 Å². The van der Waals surface area contributed by atoms with E-state index in [0.717, 1.165) is 22.8 Å². The highest BCUT2D eigenvalue weighted by molar-refractivity contribution is 8.90. The predicted molar refractivity (Wildman–Crippen MR) is 92.2 cm³/mol. The number of amides is 1. The maximum atomic E-state index is 12.8. The number of rotatable bonds is 11. The molecule has 0 aromatic carbocycles. The summed E-state index contributed by atoms with van der Waals surface area (Å²) in [4.78, 5) is 23.2. The lowest BCUT2D eigenvalue weighted by atomic mass is 10.5. The zero-order valence-corrected chi connectivity index (χ0v) is 15.6. The minimum Gasteiger partial charge on any atom is -0.465 e. The highest BCUT2D eigenvalue weighted by Crippen LogP contribution is 2.69. The van der Waals surface area contributed by atoms with Crippen LogP contribution in [0.1, 0.15) is 6.92 Å². The zero-order chi connectivity index (χ0) is 18.8. The van der Waals surface area contributed by atoms with Crippen molar-refractivity contribution in [1.29, 1.82) is 0 Å². The van der Waals surface area contributed by atoms with Gasteiger partial charge in [0, 0.05) is 11.5 Å². The van der Waals surface area contributed by atoms with E-state index in [0.29, 0.717) is 0 Å². The van der Waals surface area contributed by atoms with Crippen molar-refractivity contribution in [2.75, 3.05) is 30.9 Å². The van der Waals surface area contributed by atoms with Crippen LogP contribution in [0.4, 0.5) is 13.2 Å². The first-order chi connectivity index (χ1) is 11.1. The van der Waals surface area contributed by atoms with Crippen molar-refractivity contribution >= 4 is 40.2 Å². The van der Waals surface area contributed by atoms with Gasteiger partial charge in [-0.05, 0) is 6.92 Å². The standard InChI is InChI=1S/C13H19F3NO4PS2/c1-4-7-23-22(20,24-8-5-2)10-17(9-11(18)21-6-3)12(19)13(14,15)16/h4-5H,1-2,6-10H2,3H3. The van der Waals surface area contributed by atoms with Gasteiger partial charge in [-0.3, -0.25) is 14.2 Å². The van der Waals surface area contributed by atoms with Gasteiger partial charge in [0.25, 0.3) is 0 Å². The Morgan fingerprint density at radius 1 is 1.21 bits per heavy atom. The highest BCUT2D eigenvalue weighted by Gasteiger charge is 2.45. The van der Waals surface area contributed by atoms with E-state index >= 15 is 0 Å². The summed E-state index contributed by atoms with van der Waals surface area (Å²) in [5, 5.41) is 0. The maximum absolute atomic E-state index is 12.8. The number of ether oxygens (including phenoxy) is 1. The lowest BCUT2D eigenvalue weighted by Crippen LogP contribution is -2.44. The molecular formula is C13H19F3NO4PS2. The van der Waals surface area contributed by atoms with Crippen LogP contribution in [0.15, 0.2) is 25.3 Å². The van der Waals surface area contributed by atoms with Crippen molar-refractivity contribution in [3.05, 3.63) is 25.3 Å². The second-order valence-corrected chi connectivity index (χ2v) is 12.7. The second-order valence-electron chi connectivity index (χ2n) is 4.23. The Hall–Kier alpha value is -0.860. The fourth-order valence-corrected chi connectivity index (χ4v) is 8.25. The third kappa shape index (κ3) is 8.84. The quantitative estimate of drug-likeness (QED) is 0.295. The molecule has 0 aliphatic rings. The minimum atomic E-state index is -5.18. The van der Waals surface area contributed by atoms with Crippen molar-refractivity contribution in [2.24, 2.45) is 0 Å². The van der Waals surface area contributed by atoms with Gasteiger partial charge in [-0.2, -0.15) is 13.2 Å². The first kappa shape index (κ1) is 23.1. The summed E-state index contributed by atoms with van der Waals surface area (Å²) in [5.74, 6) is -2.76. The molecule has 0 aromatic rings. The summed E-state index contributed by atoms with van der Waals surface area (Å²) in [6.45, 7) is 7.46.